The molecule has 0 aliphatic heterocycles. The zero-order valence-electron chi connectivity index (χ0n) is 12.6. The van der Waals surface area contributed by atoms with Gasteiger partial charge in [0, 0.05) is 0 Å². The molecule has 0 atom stereocenters. The summed E-state index contributed by atoms with van der Waals surface area (Å²) in [6.45, 7) is 4.78. The van der Waals surface area contributed by atoms with Crippen molar-refractivity contribution in [2.75, 3.05) is 0 Å². The molecule has 0 saturated heterocycles. The number of aldehydes is 1. The van der Waals surface area contributed by atoms with Crippen molar-refractivity contribution >= 4 is 6.29 Å². The van der Waals surface area contributed by atoms with Crippen LogP contribution in [0.5, 0.6) is 5.75 Å². The fourth-order valence-corrected chi connectivity index (χ4v) is 2.74. The van der Waals surface area contributed by atoms with Gasteiger partial charge in [0.05, 0.1) is 5.41 Å². The molecule has 0 heterocycles. The lowest BCUT2D eigenvalue weighted by molar-refractivity contribution is -0.109. The molecule has 0 spiro atoms. The van der Waals surface area contributed by atoms with Gasteiger partial charge in [-0.3, -0.25) is 0 Å². The summed E-state index contributed by atoms with van der Waals surface area (Å²) in [6.07, 6.45) is 2.99. The first-order valence-electron chi connectivity index (χ1n) is 7.39. The van der Waals surface area contributed by atoms with Crippen LogP contribution >= 0.6 is 0 Å². The minimum Gasteiger partial charge on any atom is -0.489 e. The first kappa shape index (κ1) is 13.9. The van der Waals surface area contributed by atoms with Crippen LogP contribution in [-0.2, 0) is 16.8 Å². The van der Waals surface area contributed by atoms with Crippen molar-refractivity contribution in [2.45, 2.75) is 38.7 Å². The van der Waals surface area contributed by atoms with Crippen molar-refractivity contribution in [1.29, 1.82) is 0 Å². The summed E-state index contributed by atoms with van der Waals surface area (Å²) in [6, 6.07) is 14.2. The molecule has 0 unspecified atom stereocenters. The zero-order chi connectivity index (χ0) is 14.9. The zero-order valence-corrected chi connectivity index (χ0v) is 12.6. The maximum atomic E-state index is 11.2. The van der Waals surface area contributed by atoms with E-state index in [9.17, 15) is 4.79 Å². The highest BCUT2D eigenvalue weighted by Crippen LogP contribution is 2.46. The van der Waals surface area contributed by atoms with Crippen molar-refractivity contribution in [1.82, 2.24) is 0 Å². The van der Waals surface area contributed by atoms with Gasteiger partial charge in [-0.25, -0.2) is 0 Å². The number of benzene rings is 2. The molecule has 108 valence electrons. The summed E-state index contributed by atoms with van der Waals surface area (Å²) in [5.41, 5.74) is 4.57. The summed E-state index contributed by atoms with van der Waals surface area (Å²) in [5, 5.41) is 0. The monoisotopic (exact) mass is 280 g/mol. The van der Waals surface area contributed by atoms with E-state index in [1.54, 1.807) is 0 Å². The van der Waals surface area contributed by atoms with E-state index in [0.717, 1.165) is 30.4 Å². The summed E-state index contributed by atoms with van der Waals surface area (Å²) in [7, 11) is 0. The van der Waals surface area contributed by atoms with E-state index in [1.165, 1.54) is 16.7 Å². The highest BCUT2D eigenvalue weighted by molar-refractivity contribution is 5.73. The number of carbonyl (C=O) groups excluding carboxylic acids is 1. The van der Waals surface area contributed by atoms with E-state index < -0.39 is 0 Å². The molecule has 0 radical (unpaired) electrons. The van der Waals surface area contributed by atoms with Gasteiger partial charge in [-0.2, -0.15) is 0 Å². The third kappa shape index (κ3) is 2.71. The molecular weight excluding hydrogens is 260 g/mol. The molecule has 2 aromatic carbocycles. The number of hydrogen-bond acceptors (Lipinski definition) is 2. The smallest absolute Gasteiger partial charge is 0.130 e. The van der Waals surface area contributed by atoms with Crippen molar-refractivity contribution in [3.8, 4) is 5.75 Å². The van der Waals surface area contributed by atoms with Crippen molar-refractivity contribution < 1.29 is 9.53 Å². The Kier molecular flexibility index (Phi) is 3.54. The molecule has 21 heavy (non-hydrogen) atoms. The van der Waals surface area contributed by atoms with Gasteiger partial charge in [-0.15, -0.1) is 0 Å². The molecule has 1 fully saturated rings. The second-order valence-corrected chi connectivity index (χ2v) is 5.96. The lowest BCUT2D eigenvalue weighted by atomic mass is 9.98. The van der Waals surface area contributed by atoms with Crippen LogP contribution in [0.4, 0.5) is 0 Å². The van der Waals surface area contributed by atoms with E-state index in [-0.39, 0.29) is 5.41 Å². The molecule has 2 aromatic rings. The number of rotatable bonds is 5. The van der Waals surface area contributed by atoms with Crippen LogP contribution in [0.25, 0.3) is 0 Å². The van der Waals surface area contributed by atoms with Crippen LogP contribution in [0.3, 0.4) is 0 Å². The van der Waals surface area contributed by atoms with E-state index in [4.69, 9.17) is 4.74 Å². The average Bonchev–Trinajstić information content (AvgIpc) is 3.28. The lowest BCUT2D eigenvalue weighted by Gasteiger charge is -2.13. The molecule has 2 heteroatoms. The summed E-state index contributed by atoms with van der Waals surface area (Å²) in [4.78, 5) is 11.2. The first-order chi connectivity index (χ1) is 10.1. The molecule has 2 nitrogen and oxygen atoms in total. The Bertz CT molecular complexity index is 649. The topological polar surface area (TPSA) is 26.3 Å². The van der Waals surface area contributed by atoms with Crippen LogP contribution in [0.2, 0.25) is 0 Å². The molecular formula is C19H20O2. The molecule has 1 saturated carbocycles. The van der Waals surface area contributed by atoms with E-state index in [1.807, 2.05) is 24.3 Å². The molecule has 1 aliphatic rings. The van der Waals surface area contributed by atoms with Gasteiger partial charge in [-0.1, -0.05) is 30.3 Å². The van der Waals surface area contributed by atoms with Gasteiger partial charge in [0.25, 0.3) is 0 Å². The Balaban J connectivity index is 1.77. The number of ether oxygens (including phenoxy) is 1. The highest BCUT2D eigenvalue weighted by atomic mass is 16.5. The van der Waals surface area contributed by atoms with Crippen LogP contribution < -0.4 is 4.74 Å². The van der Waals surface area contributed by atoms with E-state index >= 15 is 0 Å². The van der Waals surface area contributed by atoms with Gasteiger partial charge >= 0.3 is 0 Å². The second kappa shape index (κ2) is 5.36. The van der Waals surface area contributed by atoms with E-state index in [2.05, 4.69) is 32.0 Å². The normalized spacial score (nSPS) is 15.5. The third-order valence-electron chi connectivity index (χ3n) is 4.45. The van der Waals surface area contributed by atoms with Gasteiger partial charge < -0.3 is 9.53 Å². The lowest BCUT2D eigenvalue weighted by Crippen LogP contribution is -2.08. The highest BCUT2D eigenvalue weighted by Gasteiger charge is 2.44. The van der Waals surface area contributed by atoms with Crippen molar-refractivity contribution in [3.05, 3.63) is 64.7 Å². The Morgan fingerprint density at radius 2 is 1.76 bits per heavy atom. The van der Waals surface area contributed by atoms with Gasteiger partial charge in [0.1, 0.15) is 18.6 Å². The van der Waals surface area contributed by atoms with Gasteiger partial charge in [-0.05, 0) is 61.1 Å². The second-order valence-electron chi connectivity index (χ2n) is 5.96. The first-order valence-corrected chi connectivity index (χ1v) is 7.39. The molecule has 0 bridgehead atoms. The predicted octanol–water partition coefficient (Wildman–Crippen LogP) is 4.11. The molecule has 0 N–H and O–H groups in total. The maximum absolute atomic E-state index is 11.2. The van der Waals surface area contributed by atoms with Crippen molar-refractivity contribution in [3.63, 3.8) is 0 Å². The summed E-state index contributed by atoms with van der Waals surface area (Å²) in [5.74, 6) is 0.836. The fourth-order valence-electron chi connectivity index (χ4n) is 2.74. The molecule has 1 aliphatic carbocycles. The third-order valence-corrected chi connectivity index (χ3v) is 4.45. The Morgan fingerprint density at radius 3 is 2.38 bits per heavy atom. The summed E-state index contributed by atoms with van der Waals surface area (Å²) >= 11 is 0. The minimum absolute atomic E-state index is 0.238. The predicted molar refractivity (Wildman–Crippen MR) is 83.7 cm³/mol. The van der Waals surface area contributed by atoms with Crippen LogP contribution in [0, 0.1) is 13.8 Å². The standard InChI is InChI=1S/C19H20O2/c1-14-5-3-6-15(2)18(14)12-21-17-8-4-7-16(11-17)19(13-20)9-10-19/h3-8,11,13H,9-10,12H2,1-2H3. The largest absolute Gasteiger partial charge is 0.489 e. The Morgan fingerprint density at radius 1 is 1.10 bits per heavy atom. The quantitative estimate of drug-likeness (QED) is 0.770. The minimum atomic E-state index is -0.238. The molecule has 0 amide bonds. The maximum Gasteiger partial charge on any atom is 0.130 e. The van der Waals surface area contributed by atoms with Crippen LogP contribution in [0.15, 0.2) is 42.5 Å². The average molecular weight is 280 g/mol. The van der Waals surface area contributed by atoms with Crippen LogP contribution in [0.1, 0.15) is 35.1 Å². The Labute approximate surface area is 125 Å². The number of hydrogen-bond donors (Lipinski definition) is 0. The number of aryl methyl sites for hydroxylation is 2. The van der Waals surface area contributed by atoms with Gasteiger partial charge in [0.15, 0.2) is 0 Å². The fraction of sp³-hybridized carbons (Fsp3) is 0.316. The number of carbonyl (C=O) groups is 1. The van der Waals surface area contributed by atoms with Crippen molar-refractivity contribution in [2.24, 2.45) is 0 Å². The van der Waals surface area contributed by atoms with Gasteiger partial charge in [0.2, 0.25) is 0 Å². The molecule has 3 rings (SSSR count). The molecule has 0 aromatic heterocycles. The Hall–Kier alpha value is -2.09. The summed E-state index contributed by atoms with van der Waals surface area (Å²) < 4.78 is 5.95. The van der Waals surface area contributed by atoms with Crippen LogP contribution in [-0.4, -0.2) is 6.29 Å². The SMILES string of the molecule is Cc1cccc(C)c1COc1cccc(C2(C=O)CC2)c1. The van der Waals surface area contributed by atoms with E-state index in [0.29, 0.717) is 6.61 Å².